The van der Waals surface area contributed by atoms with E-state index in [4.69, 9.17) is 23.2 Å². The van der Waals surface area contributed by atoms with Crippen LogP contribution in [0.5, 0.6) is 0 Å². The lowest BCUT2D eigenvalue weighted by Crippen LogP contribution is -2.43. The van der Waals surface area contributed by atoms with Crippen molar-refractivity contribution in [2.75, 3.05) is 0 Å². The number of benzene rings is 2. The molecule has 1 aromatic heterocycles. The fourth-order valence-corrected chi connectivity index (χ4v) is 2.99. The van der Waals surface area contributed by atoms with Gasteiger partial charge in [-0.1, -0.05) is 47.5 Å². The molecule has 3 N–H and O–H groups in total. The Morgan fingerprint density at radius 2 is 1.60 bits per heavy atom. The van der Waals surface area contributed by atoms with Gasteiger partial charge in [0.2, 0.25) is 11.8 Å². The first kappa shape index (κ1) is 17.3. The van der Waals surface area contributed by atoms with E-state index >= 15 is 0 Å². The second-order valence-electron chi connectivity index (χ2n) is 5.55. The third-order valence-corrected chi connectivity index (χ3v) is 4.32. The number of nitrogens with one attached hydrogen (secondary N) is 3. The predicted molar refractivity (Wildman–Crippen MR) is 98.5 cm³/mol. The molecular weight excluding hydrogens is 361 g/mol. The van der Waals surface area contributed by atoms with E-state index in [9.17, 15) is 9.59 Å². The molecule has 0 atom stereocenters. The second kappa shape index (κ2) is 7.59. The fourth-order valence-electron chi connectivity index (χ4n) is 2.52. The minimum atomic E-state index is -0.364. The van der Waals surface area contributed by atoms with Crippen molar-refractivity contribution in [3.8, 4) is 0 Å². The molecule has 0 fully saturated rings. The Hall–Kier alpha value is -2.50. The highest BCUT2D eigenvalue weighted by Gasteiger charge is 2.11. The third kappa shape index (κ3) is 4.32. The highest BCUT2D eigenvalue weighted by molar-refractivity contribution is 6.35. The van der Waals surface area contributed by atoms with Crippen molar-refractivity contribution in [1.29, 1.82) is 0 Å². The number of rotatable bonds is 4. The number of halogens is 2. The molecule has 128 valence electrons. The van der Waals surface area contributed by atoms with Gasteiger partial charge in [0, 0.05) is 27.1 Å². The zero-order valence-electron chi connectivity index (χ0n) is 13.1. The van der Waals surface area contributed by atoms with Crippen LogP contribution in [0.2, 0.25) is 10.0 Å². The molecule has 0 saturated heterocycles. The van der Waals surface area contributed by atoms with Crippen LogP contribution in [0.1, 0.15) is 11.1 Å². The molecule has 25 heavy (non-hydrogen) atoms. The summed E-state index contributed by atoms with van der Waals surface area (Å²) >= 11 is 11.9. The van der Waals surface area contributed by atoms with Gasteiger partial charge in [-0.05, 0) is 29.3 Å². The molecule has 1 heterocycles. The topological polar surface area (TPSA) is 74.0 Å². The lowest BCUT2D eigenvalue weighted by atomic mass is 10.1. The van der Waals surface area contributed by atoms with Crippen LogP contribution in [-0.2, 0) is 22.4 Å². The number of hydrogen-bond donors (Lipinski definition) is 3. The summed E-state index contributed by atoms with van der Waals surface area (Å²) in [6.45, 7) is 0. The summed E-state index contributed by atoms with van der Waals surface area (Å²) < 4.78 is 0. The first-order chi connectivity index (χ1) is 12.0. The Bertz CT molecular complexity index is 937. The van der Waals surface area contributed by atoms with E-state index in [2.05, 4.69) is 15.8 Å². The van der Waals surface area contributed by atoms with Crippen molar-refractivity contribution in [1.82, 2.24) is 15.8 Å². The number of amides is 2. The van der Waals surface area contributed by atoms with E-state index in [-0.39, 0.29) is 24.7 Å². The van der Waals surface area contributed by atoms with Crippen LogP contribution in [0.25, 0.3) is 10.9 Å². The van der Waals surface area contributed by atoms with Crippen LogP contribution in [0, 0.1) is 0 Å². The summed E-state index contributed by atoms with van der Waals surface area (Å²) in [5, 5.41) is 1.89. The summed E-state index contributed by atoms with van der Waals surface area (Å²) in [4.78, 5) is 27.1. The van der Waals surface area contributed by atoms with E-state index in [1.807, 2.05) is 24.3 Å². The molecular formula is C18H15Cl2N3O2. The van der Waals surface area contributed by atoms with Crippen LogP contribution < -0.4 is 10.9 Å². The summed E-state index contributed by atoms with van der Waals surface area (Å²) in [7, 11) is 0. The third-order valence-electron chi connectivity index (χ3n) is 3.73. The monoisotopic (exact) mass is 375 g/mol. The van der Waals surface area contributed by atoms with Crippen molar-refractivity contribution in [2.24, 2.45) is 0 Å². The van der Waals surface area contributed by atoms with E-state index in [1.165, 1.54) is 0 Å². The maximum atomic E-state index is 12.0. The van der Waals surface area contributed by atoms with Crippen LogP contribution in [0.15, 0.2) is 48.7 Å². The lowest BCUT2D eigenvalue weighted by molar-refractivity contribution is -0.128. The highest BCUT2D eigenvalue weighted by Crippen LogP contribution is 2.21. The number of hydrogen-bond acceptors (Lipinski definition) is 2. The predicted octanol–water partition coefficient (Wildman–Crippen LogP) is 3.41. The van der Waals surface area contributed by atoms with Gasteiger partial charge < -0.3 is 4.98 Å². The Morgan fingerprint density at radius 1 is 0.920 bits per heavy atom. The van der Waals surface area contributed by atoms with E-state index in [1.54, 1.807) is 24.4 Å². The number of carbonyl (C=O) groups is 2. The van der Waals surface area contributed by atoms with Crippen molar-refractivity contribution >= 4 is 45.9 Å². The Labute approximate surface area is 154 Å². The zero-order chi connectivity index (χ0) is 17.8. The molecule has 2 aromatic carbocycles. The van der Waals surface area contributed by atoms with Gasteiger partial charge in [-0.3, -0.25) is 20.4 Å². The van der Waals surface area contributed by atoms with Gasteiger partial charge in [-0.25, -0.2) is 0 Å². The van der Waals surface area contributed by atoms with Gasteiger partial charge in [0.25, 0.3) is 0 Å². The molecule has 3 rings (SSSR count). The normalized spacial score (nSPS) is 10.6. The average Bonchev–Trinajstić information content (AvgIpc) is 2.99. The number of para-hydroxylation sites is 1. The van der Waals surface area contributed by atoms with E-state index < -0.39 is 0 Å². The van der Waals surface area contributed by atoms with Crippen LogP contribution in [0.3, 0.4) is 0 Å². The molecule has 2 amide bonds. The first-order valence-corrected chi connectivity index (χ1v) is 8.35. The van der Waals surface area contributed by atoms with Crippen LogP contribution in [0.4, 0.5) is 0 Å². The molecule has 0 saturated carbocycles. The van der Waals surface area contributed by atoms with Gasteiger partial charge in [0.05, 0.1) is 12.8 Å². The molecule has 0 radical (unpaired) electrons. The van der Waals surface area contributed by atoms with E-state index in [0.29, 0.717) is 15.6 Å². The maximum Gasteiger partial charge on any atom is 0.242 e. The largest absolute Gasteiger partial charge is 0.361 e. The number of hydrazine groups is 1. The van der Waals surface area contributed by atoms with Gasteiger partial charge >= 0.3 is 0 Å². The van der Waals surface area contributed by atoms with Crippen molar-refractivity contribution in [3.63, 3.8) is 0 Å². The minimum Gasteiger partial charge on any atom is -0.361 e. The molecule has 0 unspecified atom stereocenters. The van der Waals surface area contributed by atoms with Gasteiger partial charge in [-0.2, -0.15) is 0 Å². The smallest absolute Gasteiger partial charge is 0.242 e. The lowest BCUT2D eigenvalue weighted by Gasteiger charge is -2.08. The molecule has 5 nitrogen and oxygen atoms in total. The molecule has 0 aliphatic heterocycles. The Morgan fingerprint density at radius 3 is 2.32 bits per heavy atom. The summed E-state index contributed by atoms with van der Waals surface area (Å²) in [5.41, 5.74) is 7.27. The van der Waals surface area contributed by atoms with Crippen LogP contribution >= 0.6 is 23.2 Å². The standard InChI is InChI=1S/C18H15Cl2N3O2/c19-13-6-5-11(15(20)9-13)7-17(24)22-23-18(25)8-12-10-21-16-4-2-1-3-14(12)16/h1-6,9-10,21H,7-8H2,(H,22,24)(H,23,25). The fraction of sp³-hybridized carbons (Fsp3) is 0.111. The number of carbonyl (C=O) groups excluding carboxylic acids is 2. The second-order valence-corrected chi connectivity index (χ2v) is 6.39. The molecule has 0 bridgehead atoms. The number of aromatic nitrogens is 1. The van der Waals surface area contributed by atoms with Gasteiger partial charge in [0.1, 0.15) is 0 Å². The van der Waals surface area contributed by atoms with Crippen molar-refractivity contribution < 1.29 is 9.59 Å². The highest BCUT2D eigenvalue weighted by atomic mass is 35.5. The average molecular weight is 376 g/mol. The first-order valence-electron chi connectivity index (χ1n) is 7.59. The maximum absolute atomic E-state index is 12.0. The quantitative estimate of drug-likeness (QED) is 0.611. The molecule has 3 aromatic rings. The van der Waals surface area contributed by atoms with Gasteiger partial charge in [-0.15, -0.1) is 0 Å². The molecule has 0 spiro atoms. The summed E-state index contributed by atoms with van der Waals surface area (Å²) in [5.74, 6) is -0.670. The molecule has 7 heteroatoms. The minimum absolute atomic E-state index is 0.0450. The zero-order valence-corrected chi connectivity index (χ0v) is 14.6. The SMILES string of the molecule is O=C(Cc1ccc(Cl)cc1Cl)NNC(=O)Cc1c[nH]c2ccccc12. The number of fused-ring (bicyclic) bond motifs is 1. The summed E-state index contributed by atoms with van der Waals surface area (Å²) in [6, 6.07) is 12.6. The van der Waals surface area contributed by atoms with Crippen molar-refractivity contribution in [2.45, 2.75) is 12.8 Å². The Kier molecular flexibility index (Phi) is 5.26. The number of aromatic amines is 1. The molecule has 0 aliphatic carbocycles. The molecule has 0 aliphatic rings. The number of H-pyrrole nitrogens is 1. The van der Waals surface area contributed by atoms with E-state index in [0.717, 1.165) is 16.5 Å². The van der Waals surface area contributed by atoms with Crippen LogP contribution in [-0.4, -0.2) is 16.8 Å². The summed E-state index contributed by atoms with van der Waals surface area (Å²) in [6.07, 6.45) is 1.99. The Balaban J connectivity index is 1.54. The van der Waals surface area contributed by atoms with Crippen molar-refractivity contribution in [3.05, 3.63) is 69.8 Å². The van der Waals surface area contributed by atoms with Gasteiger partial charge in [0.15, 0.2) is 0 Å².